The molecule has 0 fully saturated rings. The Labute approximate surface area is 115 Å². The van der Waals surface area contributed by atoms with Crippen LogP contribution in [0, 0.1) is 5.82 Å². The number of aromatic nitrogens is 2. The Kier molecular flexibility index (Phi) is 2.49. The summed E-state index contributed by atoms with van der Waals surface area (Å²) in [6.07, 6.45) is 3.74. The largest absolute Gasteiger partial charge is 0.378 e. The van der Waals surface area contributed by atoms with Crippen LogP contribution in [0.3, 0.4) is 0 Å². The number of H-pyrrole nitrogens is 1. The van der Waals surface area contributed by atoms with E-state index in [4.69, 9.17) is 0 Å². The number of aromatic amines is 1. The highest BCUT2D eigenvalue weighted by molar-refractivity contribution is 5.81. The van der Waals surface area contributed by atoms with Crippen LogP contribution < -0.4 is 5.32 Å². The van der Waals surface area contributed by atoms with Crippen molar-refractivity contribution in [2.24, 2.45) is 0 Å². The minimum atomic E-state index is -0.150. The topological polar surface area (TPSA) is 40.7 Å². The first kappa shape index (κ1) is 11.5. The Morgan fingerprint density at radius 1 is 1.20 bits per heavy atom. The number of halogens is 1. The number of nitrogens with one attached hydrogen (secondary N) is 2. The van der Waals surface area contributed by atoms with Gasteiger partial charge in [0.15, 0.2) is 0 Å². The Bertz CT molecular complexity index is 778. The molecule has 1 heterocycles. The summed E-state index contributed by atoms with van der Waals surface area (Å²) in [6.45, 7) is 0. The molecule has 4 rings (SSSR count). The second kappa shape index (κ2) is 4.34. The van der Waals surface area contributed by atoms with Crippen molar-refractivity contribution in [3.8, 4) is 0 Å². The monoisotopic (exact) mass is 267 g/mol. The van der Waals surface area contributed by atoms with Crippen LogP contribution >= 0.6 is 0 Å². The molecule has 4 heteroatoms. The van der Waals surface area contributed by atoms with Crippen molar-refractivity contribution in [2.45, 2.75) is 18.9 Å². The van der Waals surface area contributed by atoms with Gasteiger partial charge in [0.05, 0.1) is 17.8 Å². The lowest BCUT2D eigenvalue weighted by Gasteiger charge is -2.15. The summed E-state index contributed by atoms with van der Waals surface area (Å²) in [5, 5.41) is 11.6. The highest BCUT2D eigenvalue weighted by Gasteiger charge is 2.22. The summed E-state index contributed by atoms with van der Waals surface area (Å²) in [6, 6.07) is 11.5. The predicted molar refractivity (Wildman–Crippen MR) is 77.2 cm³/mol. The van der Waals surface area contributed by atoms with Crippen molar-refractivity contribution in [1.82, 2.24) is 10.2 Å². The van der Waals surface area contributed by atoms with E-state index in [0.717, 1.165) is 35.0 Å². The van der Waals surface area contributed by atoms with Crippen LogP contribution in [0.25, 0.3) is 10.9 Å². The minimum Gasteiger partial charge on any atom is -0.378 e. The van der Waals surface area contributed by atoms with Crippen molar-refractivity contribution >= 4 is 16.6 Å². The molecule has 0 saturated heterocycles. The number of anilines is 1. The summed E-state index contributed by atoms with van der Waals surface area (Å²) >= 11 is 0. The fraction of sp³-hybridized carbons (Fsp3) is 0.188. The van der Waals surface area contributed by atoms with Crippen LogP contribution in [0.1, 0.15) is 23.6 Å². The van der Waals surface area contributed by atoms with E-state index in [1.165, 1.54) is 11.6 Å². The number of hydrogen-bond donors (Lipinski definition) is 2. The lowest BCUT2D eigenvalue weighted by molar-refractivity contribution is 0.626. The molecule has 1 unspecified atom stereocenters. The van der Waals surface area contributed by atoms with Gasteiger partial charge in [0.2, 0.25) is 0 Å². The van der Waals surface area contributed by atoms with E-state index in [1.807, 2.05) is 18.3 Å². The summed E-state index contributed by atoms with van der Waals surface area (Å²) in [7, 11) is 0. The first-order chi connectivity index (χ1) is 9.79. The molecule has 2 N–H and O–H groups in total. The second-order valence-electron chi connectivity index (χ2n) is 5.25. The molecule has 100 valence electrons. The van der Waals surface area contributed by atoms with Gasteiger partial charge in [0.1, 0.15) is 5.82 Å². The molecule has 0 amide bonds. The molecule has 0 bridgehead atoms. The molecule has 3 aromatic rings. The minimum absolute atomic E-state index is 0.150. The van der Waals surface area contributed by atoms with Crippen molar-refractivity contribution in [1.29, 1.82) is 0 Å². The van der Waals surface area contributed by atoms with Gasteiger partial charge in [-0.05, 0) is 54.3 Å². The van der Waals surface area contributed by atoms with E-state index in [2.05, 4.69) is 27.6 Å². The van der Waals surface area contributed by atoms with E-state index in [9.17, 15) is 4.39 Å². The fourth-order valence-corrected chi connectivity index (χ4v) is 2.96. The molecule has 1 aromatic heterocycles. The lowest BCUT2D eigenvalue weighted by Crippen LogP contribution is -2.06. The zero-order valence-corrected chi connectivity index (χ0v) is 10.9. The second-order valence-corrected chi connectivity index (χ2v) is 5.25. The van der Waals surface area contributed by atoms with Crippen molar-refractivity contribution in [3.63, 3.8) is 0 Å². The SMILES string of the molecule is Fc1ccc2c(c1)CCC2Nc1ccc2cn[nH]c2c1. The van der Waals surface area contributed by atoms with Gasteiger partial charge in [-0.3, -0.25) is 5.10 Å². The third-order valence-electron chi connectivity index (χ3n) is 3.97. The highest BCUT2D eigenvalue weighted by atomic mass is 19.1. The molecule has 1 aliphatic rings. The van der Waals surface area contributed by atoms with Crippen LogP contribution in [-0.4, -0.2) is 10.2 Å². The molecule has 0 spiro atoms. The average Bonchev–Trinajstić information content (AvgIpc) is 3.05. The molecular formula is C16H14FN3. The number of rotatable bonds is 2. The summed E-state index contributed by atoms with van der Waals surface area (Å²) in [4.78, 5) is 0. The molecule has 0 saturated carbocycles. The van der Waals surface area contributed by atoms with Crippen LogP contribution in [0.2, 0.25) is 0 Å². The van der Waals surface area contributed by atoms with Gasteiger partial charge in [0, 0.05) is 11.1 Å². The third-order valence-corrected chi connectivity index (χ3v) is 3.97. The zero-order chi connectivity index (χ0) is 13.5. The molecule has 0 aliphatic heterocycles. The van der Waals surface area contributed by atoms with E-state index in [-0.39, 0.29) is 11.9 Å². The van der Waals surface area contributed by atoms with Crippen molar-refractivity contribution in [2.75, 3.05) is 5.32 Å². The van der Waals surface area contributed by atoms with Gasteiger partial charge in [-0.2, -0.15) is 5.10 Å². The zero-order valence-electron chi connectivity index (χ0n) is 10.9. The number of aryl methyl sites for hydroxylation is 1. The van der Waals surface area contributed by atoms with Gasteiger partial charge < -0.3 is 5.32 Å². The summed E-state index contributed by atoms with van der Waals surface area (Å²) < 4.78 is 13.2. The van der Waals surface area contributed by atoms with Gasteiger partial charge in [-0.25, -0.2) is 4.39 Å². The lowest BCUT2D eigenvalue weighted by atomic mass is 10.1. The smallest absolute Gasteiger partial charge is 0.123 e. The Balaban J connectivity index is 1.64. The fourth-order valence-electron chi connectivity index (χ4n) is 2.96. The van der Waals surface area contributed by atoms with E-state index < -0.39 is 0 Å². The molecule has 1 aliphatic carbocycles. The Morgan fingerprint density at radius 2 is 2.15 bits per heavy atom. The Hall–Kier alpha value is -2.36. The van der Waals surface area contributed by atoms with Gasteiger partial charge >= 0.3 is 0 Å². The summed E-state index contributed by atoms with van der Waals surface area (Å²) in [5.41, 5.74) is 4.40. The van der Waals surface area contributed by atoms with E-state index in [1.54, 1.807) is 6.07 Å². The van der Waals surface area contributed by atoms with Crippen LogP contribution in [-0.2, 0) is 6.42 Å². The van der Waals surface area contributed by atoms with Crippen molar-refractivity contribution in [3.05, 3.63) is 59.5 Å². The maximum Gasteiger partial charge on any atom is 0.123 e. The third kappa shape index (κ3) is 1.84. The normalized spacial score (nSPS) is 17.4. The maximum atomic E-state index is 13.2. The van der Waals surface area contributed by atoms with Crippen molar-refractivity contribution < 1.29 is 4.39 Å². The highest BCUT2D eigenvalue weighted by Crippen LogP contribution is 2.34. The van der Waals surface area contributed by atoms with Gasteiger partial charge in [-0.15, -0.1) is 0 Å². The van der Waals surface area contributed by atoms with Crippen LogP contribution in [0.4, 0.5) is 10.1 Å². The number of fused-ring (bicyclic) bond motifs is 2. The molecule has 1 atom stereocenters. The maximum absolute atomic E-state index is 13.2. The molecular weight excluding hydrogens is 253 g/mol. The Morgan fingerprint density at radius 3 is 3.10 bits per heavy atom. The quantitative estimate of drug-likeness (QED) is 0.741. The molecule has 20 heavy (non-hydrogen) atoms. The van der Waals surface area contributed by atoms with Gasteiger partial charge in [0.25, 0.3) is 0 Å². The van der Waals surface area contributed by atoms with Gasteiger partial charge in [-0.1, -0.05) is 6.07 Å². The van der Waals surface area contributed by atoms with E-state index in [0.29, 0.717) is 0 Å². The number of hydrogen-bond acceptors (Lipinski definition) is 2. The standard InChI is InChI=1S/C16H14FN3/c17-12-3-5-14-10(7-12)2-6-15(14)19-13-4-1-11-9-18-20-16(11)8-13/h1,3-5,7-9,15,19H,2,6H2,(H,18,20). The van der Waals surface area contributed by atoms with Crippen LogP contribution in [0.15, 0.2) is 42.6 Å². The predicted octanol–water partition coefficient (Wildman–Crippen LogP) is 3.80. The van der Waals surface area contributed by atoms with Crippen LogP contribution in [0.5, 0.6) is 0 Å². The molecule has 0 radical (unpaired) electrons. The van der Waals surface area contributed by atoms with E-state index >= 15 is 0 Å². The molecule has 3 nitrogen and oxygen atoms in total. The summed E-state index contributed by atoms with van der Waals surface area (Å²) in [5.74, 6) is -0.150. The molecule has 2 aromatic carbocycles. The first-order valence-corrected chi connectivity index (χ1v) is 6.77. The average molecular weight is 267 g/mol. The first-order valence-electron chi connectivity index (χ1n) is 6.77. The number of benzene rings is 2. The number of nitrogens with zero attached hydrogens (tertiary/aromatic N) is 1.